The molecular weight excluding hydrogens is 392 g/mol. The molecule has 0 bridgehead atoms. The van der Waals surface area contributed by atoms with Crippen molar-refractivity contribution in [2.45, 2.75) is 31.7 Å². The highest BCUT2D eigenvalue weighted by Crippen LogP contribution is 2.29. The van der Waals surface area contributed by atoms with Crippen molar-refractivity contribution >= 4 is 34.6 Å². The number of nitrogens with zero attached hydrogens (tertiary/aromatic N) is 1. The molecular formula is C21H20N2O3S2. The third kappa shape index (κ3) is 4.48. The average Bonchev–Trinajstić information content (AvgIpc) is 3.38. The summed E-state index contributed by atoms with van der Waals surface area (Å²) in [5.41, 5.74) is 3.11. The van der Waals surface area contributed by atoms with Gasteiger partial charge in [0.1, 0.15) is 5.01 Å². The van der Waals surface area contributed by atoms with Gasteiger partial charge in [0.15, 0.2) is 6.61 Å². The number of carbonyl (C=O) groups is 2. The molecule has 1 aliphatic rings. The number of fused-ring (bicyclic) bond motifs is 1. The molecule has 1 atom stereocenters. The Morgan fingerprint density at radius 2 is 2.07 bits per heavy atom. The molecule has 144 valence electrons. The van der Waals surface area contributed by atoms with Crippen molar-refractivity contribution in [3.8, 4) is 9.88 Å². The van der Waals surface area contributed by atoms with E-state index in [1.807, 2.05) is 35.0 Å². The van der Waals surface area contributed by atoms with Crippen molar-refractivity contribution < 1.29 is 14.3 Å². The number of amides is 1. The first kappa shape index (κ1) is 18.8. The topological polar surface area (TPSA) is 68.3 Å². The highest BCUT2D eigenvalue weighted by atomic mass is 32.1. The fourth-order valence-electron chi connectivity index (χ4n) is 3.39. The lowest BCUT2D eigenvalue weighted by atomic mass is 9.88. The quantitative estimate of drug-likeness (QED) is 0.618. The van der Waals surface area contributed by atoms with E-state index in [0.29, 0.717) is 5.69 Å². The highest BCUT2D eigenvalue weighted by molar-refractivity contribution is 7.20. The van der Waals surface area contributed by atoms with Crippen molar-refractivity contribution in [3.05, 3.63) is 64.0 Å². The lowest BCUT2D eigenvalue weighted by Gasteiger charge is -2.26. The Morgan fingerprint density at radius 1 is 1.18 bits per heavy atom. The molecule has 3 aromatic rings. The Bertz CT molecular complexity index is 966. The number of esters is 1. The van der Waals surface area contributed by atoms with Crippen LogP contribution in [0.15, 0.2) is 47.2 Å². The van der Waals surface area contributed by atoms with Crippen LogP contribution in [0, 0.1) is 0 Å². The minimum Gasteiger partial charge on any atom is -0.455 e. The molecule has 2 aromatic heterocycles. The molecule has 0 aliphatic heterocycles. The normalized spacial score (nSPS) is 15.6. The summed E-state index contributed by atoms with van der Waals surface area (Å²) in [5.74, 6) is -0.713. The number of ether oxygens (including phenoxy) is 1. The zero-order valence-electron chi connectivity index (χ0n) is 15.2. The van der Waals surface area contributed by atoms with Crippen molar-refractivity contribution in [1.82, 2.24) is 10.3 Å². The van der Waals surface area contributed by atoms with Gasteiger partial charge in [-0.25, -0.2) is 4.98 Å². The second-order valence-corrected chi connectivity index (χ2v) is 8.48. The summed E-state index contributed by atoms with van der Waals surface area (Å²) < 4.78 is 5.15. The summed E-state index contributed by atoms with van der Waals surface area (Å²) in [4.78, 5) is 29.9. The zero-order valence-corrected chi connectivity index (χ0v) is 16.9. The van der Waals surface area contributed by atoms with Gasteiger partial charge in [0.05, 0.1) is 23.0 Å². The first-order valence-corrected chi connectivity index (χ1v) is 11.0. The van der Waals surface area contributed by atoms with Crippen molar-refractivity contribution in [2.75, 3.05) is 6.61 Å². The molecule has 5 nitrogen and oxygen atoms in total. The van der Waals surface area contributed by atoms with Crippen LogP contribution in [0.3, 0.4) is 0 Å². The SMILES string of the molecule is O=C(COC(=O)Cc1csc(-c2cccs2)n1)N[C@H]1CCCc2ccccc21. The zero-order chi connectivity index (χ0) is 19.3. The van der Waals surface area contributed by atoms with Crippen LogP contribution in [0.1, 0.15) is 35.7 Å². The standard InChI is InChI=1S/C21H20N2O3S2/c24-19(23-17-8-3-6-14-5-1-2-7-16(14)17)12-26-20(25)11-15-13-28-21(22-15)18-9-4-10-27-18/h1-2,4-5,7,9-10,13,17H,3,6,8,11-12H2,(H,23,24)/t17-/m0/s1. The van der Waals surface area contributed by atoms with E-state index in [1.54, 1.807) is 11.3 Å². The molecule has 0 saturated carbocycles. The Kier molecular flexibility index (Phi) is 5.83. The number of hydrogen-bond donors (Lipinski definition) is 1. The predicted octanol–water partition coefficient (Wildman–Crippen LogP) is 4.15. The van der Waals surface area contributed by atoms with Crippen LogP contribution >= 0.6 is 22.7 Å². The van der Waals surface area contributed by atoms with E-state index in [4.69, 9.17) is 4.74 Å². The lowest BCUT2D eigenvalue weighted by molar-refractivity contribution is -0.148. The number of hydrogen-bond acceptors (Lipinski definition) is 6. The Morgan fingerprint density at radius 3 is 2.93 bits per heavy atom. The van der Waals surface area contributed by atoms with Crippen LogP contribution in [0.5, 0.6) is 0 Å². The average molecular weight is 413 g/mol. The maximum atomic E-state index is 12.2. The molecule has 1 N–H and O–H groups in total. The molecule has 1 aliphatic carbocycles. The fourth-order valence-corrected chi connectivity index (χ4v) is 5.02. The van der Waals surface area contributed by atoms with E-state index in [2.05, 4.69) is 22.4 Å². The molecule has 4 rings (SSSR count). The Balaban J connectivity index is 1.27. The van der Waals surface area contributed by atoms with Gasteiger partial charge in [-0.05, 0) is 41.8 Å². The third-order valence-electron chi connectivity index (χ3n) is 4.68. The van der Waals surface area contributed by atoms with Crippen molar-refractivity contribution in [2.24, 2.45) is 0 Å². The minimum absolute atomic E-state index is 0.0111. The van der Waals surface area contributed by atoms with Gasteiger partial charge in [-0.2, -0.15) is 0 Å². The number of aryl methyl sites for hydroxylation is 1. The van der Waals surface area contributed by atoms with Crippen molar-refractivity contribution in [3.63, 3.8) is 0 Å². The monoisotopic (exact) mass is 412 g/mol. The predicted molar refractivity (Wildman–Crippen MR) is 110 cm³/mol. The third-order valence-corrected chi connectivity index (χ3v) is 6.61. The van der Waals surface area contributed by atoms with Gasteiger partial charge in [-0.3, -0.25) is 9.59 Å². The van der Waals surface area contributed by atoms with E-state index in [9.17, 15) is 9.59 Å². The van der Waals surface area contributed by atoms with E-state index in [0.717, 1.165) is 34.7 Å². The van der Waals surface area contributed by atoms with Crippen molar-refractivity contribution in [1.29, 1.82) is 0 Å². The second kappa shape index (κ2) is 8.67. The smallest absolute Gasteiger partial charge is 0.312 e. The van der Waals surface area contributed by atoms with Gasteiger partial charge in [0, 0.05) is 5.38 Å². The molecule has 0 spiro atoms. The Labute approximate surface area is 171 Å². The van der Waals surface area contributed by atoms with E-state index >= 15 is 0 Å². The first-order valence-electron chi connectivity index (χ1n) is 9.20. The summed E-state index contributed by atoms with van der Waals surface area (Å²) >= 11 is 3.12. The number of carbonyl (C=O) groups excluding carboxylic acids is 2. The maximum absolute atomic E-state index is 12.2. The van der Waals surface area contributed by atoms with Crippen LogP contribution in [-0.4, -0.2) is 23.5 Å². The van der Waals surface area contributed by atoms with Crippen LogP contribution in [0.4, 0.5) is 0 Å². The summed E-state index contributed by atoms with van der Waals surface area (Å²) in [5, 5.41) is 7.73. The van der Waals surface area contributed by atoms with Crippen LogP contribution < -0.4 is 5.32 Å². The van der Waals surface area contributed by atoms with E-state index in [1.165, 1.54) is 16.9 Å². The van der Waals surface area contributed by atoms with E-state index in [-0.39, 0.29) is 25.0 Å². The fraction of sp³-hybridized carbons (Fsp3) is 0.286. The van der Waals surface area contributed by atoms with Crippen LogP contribution in [0.25, 0.3) is 9.88 Å². The number of thiophene rings is 1. The molecule has 28 heavy (non-hydrogen) atoms. The Hall–Kier alpha value is -2.51. The van der Waals surface area contributed by atoms with Crippen LogP contribution in [0.2, 0.25) is 0 Å². The maximum Gasteiger partial charge on any atom is 0.312 e. The highest BCUT2D eigenvalue weighted by Gasteiger charge is 2.22. The molecule has 7 heteroatoms. The first-order chi connectivity index (χ1) is 13.7. The molecule has 0 radical (unpaired) electrons. The largest absolute Gasteiger partial charge is 0.455 e. The van der Waals surface area contributed by atoms with E-state index < -0.39 is 5.97 Å². The number of nitrogens with one attached hydrogen (secondary N) is 1. The molecule has 1 amide bonds. The summed E-state index contributed by atoms with van der Waals surface area (Å²) in [6.45, 7) is -0.264. The molecule has 0 fully saturated rings. The van der Waals surface area contributed by atoms with Gasteiger partial charge in [0.2, 0.25) is 0 Å². The van der Waals surface area contributed by atoms with Gasteiger partial charge in [0.25, 0.3) is 5.91 Å². The lowest BCUT2D eigenvalue weighted by Crippen LogP contribution is -2.34. The molecule has 2 heterocycles. The van der Waals surface area contributed by atoms with Gasteiger partial charge in [-0.1, -0.05) is 30.3 Å². The number of rotatable bonds is 6. The molecule has 0 unspecified atom stereocenters. The summed E-state index contributed by atoms with van der Waals surface area (Å²) in [7, 11) is 0. The summed E-state index contributed by atoms with van der Waals surface area (Å²) in [6, 6.07) is 12.1. The van der Waals surface area contributed by atoms with Gasteiger partial charge < -0.3 is 10.1 Å². The van der Waals surface area contributed by atoms with Gasteiger partial charge in [-0.15, -0.1) is 22.7 Å². The van der Waals surface area contributed by atoms with Gasteiger partial charge >= 0.3 is 5.97 Å². The number of aromatic nitrogens is 1. The second-order valence-electron chi connectivity index (χ2n) is 6.67. The number of thiazole rings is 1. The molecule has 1 aromatic carbocycles. The summed E-state index contributed by atoms with van der Waals surface area (Å²) in [6.07, 6.45) is 3.05. The molecule has 0 saturated heterocycles. The minimum atomic E-state index is -0.442. The van der Waals surface area contributed by atoms with Crippen LogP contribution in [-0.2, 0) is 27.2 Å². The number of benzene rings is 1.